The highest BCUT2D eigenvalue weighted by molar-refractivity contribution is 6.31. The Bertz CT molecular complexity index is 1270. The van der Waals surface area contributed by atoms with Gasteiger partial charge in [0.1, 0.15) is 5.15 Å². The molecule has 156 valence electrons. The highest BCUT2D eigenvalue weighted by atomic mass is 35.5. The van der Waals surface area contributed by atoms with Gasteiger partial charge >= 0.3 is 5.97 Å². The number of ether oxygens (including phenoxy) is 1. The molecule has 1 N–H and O–H groups in total. The number of benzene rings is 2. The van der Waals surface area contributed by atoms with E-state index in [1.54, 1.807) is 17.0 Å². The summed E-state index contributed by atoms with van der Waals surface area (Å²) in [6.07, 6.45) is 4.44. The van der Waals surface area contributed by atoms with Crippen LogP contribution in [0.1, 0.15) is 27.2 Å². The average Bonchev–Trinajstić information content (AvgIpc) is 3.32. The maximum Gasteiger partial charge on any atom is 0.331 e. The predicted molar refractivity (Wildman–Crippen MR) is 120 cm³/mol. The average molecular weight is 434 g/mol. The number of Topliss-reactive ketones (excluding diaryl/α,β-unsaturated/α-hetero) is 1. The Morgan fingerprint density at radius 2 is 1.87 bits per heavy atom. The molecular weight excluding hydrogens is 414 g/mol. The number of ketones is 1. The van der Waals surface area contributed by atoms with Gasteiger partial charge in [0, 0.05) is 34.3 Å². The summed E-state index contributed by atoms with van der Waals surface area (Å²) in [6.45, 7) is 2.00. The number of esters is 1. The Balaban J connectivity index is 1.39. The molecule has 7 heteroatoms. The van der Waals surface area contributed by atoms with Gasteiger partial charge in [0.25, 0.3) is 0 Å². The van der Waals surface area contributed by atoms with Crippen molar-refractivity contribution < 1.29 is 14.3 Å². The summed E-state index contributed by atoms with van der Waals surface area (Å²) in [6, 6.07) is 17.3. The molecule has 2 aromatic carbocycles. The molecule has 0 saturated carbocycles. The second-order valence-electron chi connectivity index (χ2n) is 7.05. The molecule has 4 aromatic rings. The fourth-order valence-electron chi connectivity index (χ4n) is 3.33. The normalized spacial score (nSPS) is 11.3. The first-order valence-electron chi connectivity index (χ1n) is 9.74. The van der Waals surface area contributed by atoms with Gasteiger partial charge in [-0.3, -0.25) is 4.79 Å². The van der Waals surface area contributed by atoms with Crippen LogP contribution in [-0.4, -0.2) is 33.1 Å². The van der Waals surface area contributed by atoms with E-state index < -0.39 is 5.97 Å². The number of fused-ring (bicyclic) bond motifs is 1. The Hall–Kier alpha value is -3.64. The van der Waals surface area contributed by atoms with Crippen LogP contribution in [0.3, 0.4) is 0 Å². The van der Waals surface area contributed by atoms with Crippen LogP contribution < -0.4 is 0 Å². The summed E-state index contributed by atoms with van der Waals surface area (Å²) >= 11 is 6.45. The SMILES string of the molecule is Cc1nn(Cc2ccccc2)c(Cl)c1C=CC(=O)OCC(=O)c1c[nH]c2ccccc12. The number of carbonyl (C=O) groups is 2. The molecule has 0 aliphatic heterocycles. The molecule has 0 fully saturated rings. The van der Waals surface area contributed by atoms with Crippen LogP contribution in [0.15, 0.2) is 66.9 Å². The number of rotatable bonds is 7. The molecule has 0 unspecified atom stereocenters. The van der Waals surface area contributed by atoms with Crippen LogP contribution in [0.5, 0.6) is 0 Å². The number of H-pyrrole nitrogens is 1. The standard InChI is InChI=1S/C24H20ClN3O3/c1-16-18(24(25)28(27-16)14-17-7-3-2-4-8-17)11-12-23(30)31-15-22(29)20-13-26-21-10-6-5-9-19(20)21/h2-13,26H,14-15H2,1H3. The third-order valence-electron chi connectivity index (χ3n) is 4.91. The second kappa shape index (κ2) is 9.02. The molecule has 31 heavy (non-hydrogen) atoms. The summed E-state index contributed by atoms with van der Waals surface area (Å²) < 4.78 is 6.80. The number of nitrogens with one attached hydrogen (secondary N) is 1. The minimum Gasteiger partial charge on any atom is -0.454 e. The number of hydrogen-bond acceptors (Lipinski definition) is 4. The number of nitrogens with zero attached hydrogens (tertiary/aromatic N) is 2. The van der Waals surface area contributed by atoms with E-state index in [2.05, 4.69) is 10.1 Å². The Morgan fingerprint density at radius 1 is 1.13 bits per heavy atom. The van der Waals surface area contributed by atoms with Crippen molar-refractivity contribution in [3.8, 4) is 0 Å². The molecule has 0 bridgehead atoms. The number of halogens is 1. The smallest absolute Gasteiger partial charge is 0.331 e. The van der Waals surface area contributed by atoms with Crippen molar-refractivity contribution in [2.75, 3.05) is 6.61 Å². The van der Waals surface area contributed by atoms with E-state index in [4.69, 9.17) is 16.3 Å². The van der Waals surface area contributed by atoms with Crippen molar-refractivity contribution in [3.63, 3.8) is 0 Å². The van der Waals surface area contributed by atoms with Gasteiger partial charge in [0.2, 0.25) is 5.78 Å². The molecule has 0 saturated heterocycles. The number of aryl methyl sites for hydroxylation is 1. The van der Waals surface area contributed by atoms with E-state index in [-0.39, 0.29) is 12.4 Å². The zero-order chi connectivity index (χ0) is 21.8. The Kier molecular flexibility index (Phi) is 6.00. The topological polar surface area (TPSA) is 77.0 Å². The van der Waals surface area contributed by atoms with E-state index in [0.29, 0.717) is 28.5 Å². The highest BCUT2D eigenvalue weighted by Gasteiger charge is 2.15. The summed E-state index contributed by atoms with van der Waals surface area (Å²) in [4.78, 5) is 27.6. The molecule has 4 rings (SSSR count). The second-order valence-corrected chi connectivity index (χ2v) is 7.40. The maximum atomic E-state index is 12.4. The van der Waals surface area contributed by atoms with Crippen LogP contribution in [0, 0.1) is 6.92 Å². The van der Waals surface area contributed by atoms with Gasteiger partial charge in [0.15, 0.2) is 6.61 Å². The first-order valence-corrected chi connectivity index (χ1v) is 10.1. The first kappa shape index (κ1) is 20.6. The van der Waals surface area contributed by atoms with Crippen LogP contribution in [0.2, 0.25) is 5.15 Å². The molecule has 0 radical (unpaired) electrons. The maximum absolute atomic E-state index is 12.4. The van der Waals surface area contributed by atoms with Crippen molar-refractivity contribution in [2.45, 2.75) is 13.5 Å². The molecule has 0 aliphatic carbocycles. The van der Waals surface area contributed by atoms with Crippen molar-refractivity contribution in [2.24, 2.45) is 0 Å². The lowest BCUT2D eigenvalue weighted by atomic mass is 10.1. The fourth-order valence-corrected chi connectivity index (χ4v) is 3.63. The molecule has 0 atom stereocenters. The quantitative estimate of drug-likeness (QED) is 0.257. The van der Waals surface area contributed by atoms with E-state index in [0.717, 1.165) is 16.5 Å². The van der Waals surface area contributed by atoms with Gasteiger partial charge < -0.3 is 9.72 Å². The van der Waals surface area contributed by atoms with Crippen molar-refractivity contribution in [3.05, 3.63) is 94.4 Å². The summed E-state index contributed by atoms with van der Waals surface area (Å²) in [7, 11) is 0. The van der Waals surface area contributed by atoms with Gasteiger partial charge in [-0.05, 0) is 24.6 Å². The van der Waals surface area contributed by atoms with E-state index in [1.165, 1.54) is 6.08 Å². The van der Waals surface area contributed by atoms with Crippen molar-refractivity contribution in [1.29, 1.82) is 0 Å². The van der Waals surface area contributed by atoms with Crippen LogP contribution >= 0.6 is 11.6 Å². The molecule has 6 nitrogen and oxygen atoms in total. The predicted octanol–water partition coefficient (Wildman–Crippen LogP) is 4.81. The zero-order valence-electron chi connectivity index (χ0n) is 16.8. The number of hydrogen-bond donors (Lipinski definition) is 1. The lowest BCUT2D eigenvalue weighted by molar-refractivity contribution is -0.136. The monoisotopic (exact) mass is 433 g/mol. The highest BCUT2D eigenvalue weighted by Crippen LogP contribution is 2.22. The van der Waals surface area contributed by atoms with Gasteiger partial charge in [-0.2, -0.15) is 5.10 Å². The van der Waals surface area contributed by atoms with Crippen LogP contribution in [0.4, 0.5) is 0 Å². The van der Waals surface area contributed by atoms with Crippen molar-refractivity contribution >= 4 is 40.3 Å². The Morgan fingerprint density at radius 3 is 2.68 bits per heavy atom. The van der Waals surface area contributed by atoms with Gasteiger partial charge in [-0.25, -0.2) is 9.48 Å². The number of carbonyl (C=O) groups excluding carboxylic acids is 2. The van der Waals surface area contributed by atoms with Crippen LogP contribution in [0.25, 0.3) is 17.0 Å². The molecular formula is C24H20ClN3O3. The third kappa shape index (κ3) is 4.59. The van der Waals surface area contributed by atoms with Gasteiger partial charge in [-0.15, -0.1) is 0 Å². The van der Waals surface area contributed by atoms with E-state index in [1.807, 2.05) is 61.5 Å². The summed E-state index contributed by atoms with van der Waals surface area (Å²) in [5, 5.41) is 5.67. The van der Waals surface area contributed by atoms with Gasteiger partial charge in [-0.1, -0.05) is 60.1 Å². The number of para-hydroxylation sites is 1. The summed E-state index contributed by atoms with van der Waals surface area (Å²) in [5.41, 5.74) is 3.75. The molecule has 2 aromatic heterocycles. The fraction of sp³-hybridized carbons (Fsp3) is 0.125. The minimum atomic E-state index is -0.625. The third-order valence-corrected chi connectivity index (χ3v) is 5.30. The van der Waals surface area contributed by atoms with Gasteiger partial charge in [0.05, 0.1) is 12.2 Å². The molecule has 0 aliphatic rings. The van der Waals surface area contributed by atoms with Crippen LogP contribution in [-0.2, 0) is 16.1 Å². The Labute approximate surface area is 184 Å². The van der Waals surface area contributed by atoms with E-state index in [9.17, 15) is 9.59 Å². The largest absolute Gasteiger partial charge is 0.454 e. The lowest BCUT2D eigenvalue weighted by Gasteiger charge is -2.03. The minimum absolute atomic E-state index is 0.274. The number of aromatic nitrogens is 3. The zero-order valence-corrected chi connectivity index (χ0v) is 17.6. The summed E-state index contributed by atoms with van der Waals surface area (Å²) in [5.74, 6) is -0.899. The van der Waals surface area contributed by atoms with E-state index >= 15 is 0 Å². The van der Waals surface area contributed by atoms with Crippen molar-refractivity contribution in [1.82, 2.24) is 14.8 Å². The molecule has 2 heterocycles. The first-order chi connectivity index (χ1) is 15.0. The molecule has 0 spiro atoms. The number of aromatic amines is 1. The molecule has 0 amide bonds. The lowest BCUT2D eigenvalue weighted by Crippen LogP contribution is -2.12.